The number of piperidine rings is 1. The van der Waals surface area contributed by atoms with Crippen LogP contribution >= 0.6 is 11.3 Å². The Labute approximate surface area is 191 Å². The summed E-state index contributed by atoms with van der Waals surface area (Å²) < 4.78 is 5.61. The SMILES string of the molecule is CN(C)CC1CC2(CCN(C(=O)Cc3csc(-c4ccccc4)n3)CC2)C(=O)O1.O=CO. The maximum absolute atomic E-state index is 12.8. The fraction of sp³-hybridized carbons (Fsp3) is 0.478. The molecule has 1 atom stereocenters. The van der Waals surface area contributed by atoms with Crippen molar-refractivity contribution in [3.05, 3.63) is 41.4 Å². The smallest absolute Gasteiger partial charge is 0.312 e. The molecule has 0 saturated carbocycles. The summed E-state index contributed by atoms with van der Waals surface area (Å²) in [6, 6.07) is 10.0. The number of aromatic nitrogens is 1. The monoisotopic (exact) mass is 459 g/mol. The van der Waals surface area contributed by atoms with Gasteiger partial charge >= 0.3 is 5.97 Å². The topological polar surface area (TPSA) is 100 Å². The van der Waals surface area contributed by atoms with Crippen molar-refractivity contribution in [1.82, 2.24) is 14.8 Å². The van der Waals surface area contributed by atoms with Gasteiger partial charge in [0.2, 0.25) is 5.91 Å². The van der Waals surface area contributed by atoms with Crippen molar-refractivity contribution in [3.8, 4) is 10.6 Å². The first-order valence-corrected chi connectivity index (χ1v) is 11.5. The van der Waals surface area contributed by atoms with Crippen LogP contribution < -0.4 is 0 Å². The summed E-state index contributed by atoms with van der Waals surface area (Å²) in [5.74, 6) is 0.00409. The lowest BCUT2D eigenvalue weighted by Crippen LogP contribution is -2.45. The molecule has 1 aromatic carbocycles. The van der Waals surface area contributed by atoms with E-state index in [1.165, 1.54) is 0 Å². The van der Waals surface area contributed by atoms with E-state index >= 15 is 0 Å². The third kappa shape index (κ3) is 5.72. The van der Waals surface area contributed by atoms with Gasteiger partial charge < -0.3 is 19.6 Å². The molecular formula is C23H29N3O5S. The molecule has 172 valence electrons. The second-order valence-corrected chi connectivity index (χ2v) is 9.31. The number of amides is 1. The summed E-state index contributed by atoms with van der Waals surface area (Å²) in [4.78, 5) is 42.2. The Morgan fingerprint density at radius 3 is 2.59 bits per heavy atom. The Morgan fingerprint density at radius 1 is 1.31 bits per heavy atom. The van der Waals surface area contributed by atoms with Crippen molar-refractivity contribution in [2.75, 3.05) is 33.7 Å². The van der Waals surface area contributed by atoms with Gasteiger partial charge in [0.15, 0.2) is 0 Å². The van der Waals surface area contributed by atoms with E-state index in [0.29, 0.717) is 32.4 Å². The second-order valence-electron chi connectivity index (χ2n) is 8.45. The van der Waals surface area contributed by atoms with E-state index in [1.54, 1.807) is 11.3 Å². The van der Waals surface area contributed by atoms with E-state index in [4.69, 9.17) is 14.6 Å². The van der Waals surface area contributed by atoms with E-state index in [0.717, 1.165) is 29.2 Å². The van der Waals surface area contributed by atoms with Crippen LogP contribution in [0.3, 0.4) is 0 Å². The lowest BCUT2D eigenvalue weighted by molar-refractivity contribution is -0.152. The summed E-state index contributed by atoms with van der Waals surface area (Å²) in [5, 5.41) is 9.79. The highest BCUT2D eigenvalue weighted by atomic mass is 32.1. The summed E-state index contributed by atoms with van der Waals surface area (Å²) >= 11 is 1.56. The zero-order valence-electron chi connectivity index (χ0n) is 18.4. The number of hydrogen-bond acceptors (Lipinski definition) is 7. The molecule has 4 rings (SSSR count). The van der Waals surface area contributed by atoms with Gasteiger partial charge in [0.05, 0.1) is 17.5 Å². The standard InChI is InChI=1S/C22H27N3O3S.CH2O2/c1-24(2)14-18-13-22(21(27)28-18)8-10-25(11-9-22)19(26)12-17-15-29-20(23-17)16-6-4-3-5-7-16;2-1-3/h3-7,15,18H,8-14H2,1-2H3;1H,(H,2,3). The number of thiazole rings is 1. The number of likely N-dealkylation sites (N-methyl/N-ethyl adjacent to an activating group) is 1. The number of esters is 1. The minimum atomic E-state index is -0.404. The van der Waals surface area contributed by atoms with Crippen molar-refractivity contribution in [2.24, 2.45) is 5.41 Å². The molecule has 2 aromatic rings. The number of likely N-dealkylation sites (tertiary alicyclic amines) is 1. The fourth-order valence-electron chi connectivity index (χ4n) is 4.31. The first-order valence-electron chi connectivity index (χ1n) is 10.6. The highest BCUT2D eigenvalue weighted by Crippen LogP contribution is 2.43. The first-order chi connectivity index (χ1) is 15.4. The Bertz CT molecular complexity index is 923. The molecule has 1 spiro atoms. The molecule has 32 heavy (non-hydrogen) atoms. The quantitative estimate of drug-likeness (QED) is 0.542. The minimum absolute atomic E-state index is 0.0360. The van der Waals surface area contributed by atoms with Crippen LogP contribution in [0.5, 0.6) is 0 Å². The summed E-state index contributed by atoms with van der Waals surface area (Å²) in [6.07, 6.45) is 2.41. The van der Waals surface area contributed by atoms with Crippen LogP contribution in [0.2, 0.25) is 0 Å². The van der Waals surface area contributed by atoms with E-state index in [1.807, 2.05) is 59.6 Å². The first kappa shape index (κ1) is 23.9. The molecule has 1 unspecified atom stereocenters. The van der Waals surface area contributed by atoms with Crippen LogP contribution in [0.4, 0.5) is 0 Å². The Balaban J connectivity index is 0.000000913. The van der Waals surface area contributed by atoms with Crippen molar-refractivity contribution in [2.45, 2.75) is 31.8 Å². The number of benzene rings is 1. The molecule has 0 bridgehead atoms. The second kappa shape index (κ2) is 10.7. The number of carbonyl (C=O) groups excluding carboxylic acids is 2. The van der Waals surface area contributed by atoms with E-state index in [2.05, 4.69) is 4.98 Å². The van der Waals surface area contributed by atoms with Gasteiger partial charge in [-0.3, -0.25) is 14.4 Å². The lowest BCUT2D eigenvalue weighted by Gasteiger charge is -2.36. The fourth-order valence-corrected chi connectivity index (χ4v) is 5.13. The van der Waals surface area contributed by atoms with Gasteiger partial charge in [-0.25, -0.2) is 4.98 Å². The molecule has 2 aliphatic heterocycles. The molecule has 2 fully saturated rings. The van der Waals surface area contributed by atoms with Gasteiger partial charge in [0, 0.05) is 37.0 Å². The van der Waals surface area contributed by atoms with Crippen molar-refractivity contribution >= 4 is 29.7 Å². The maximum atomic E-state index is 12.8. The summed E-state index contributed by atoms with van der Waals surface area (Å²) in [7, 11) is 3.98. The van der Waals surface area contributed by atoms with Gasteiger partial charge in [0.1, 0.15) is 11.1 Å². The van der Waals surface area contributed by atoms with Crippen molar-refractivity contribution in [3.63, 3.8) is 0 Å². The van der Waals surface area contributed by atoms with E-state index < -0.39 is 5.41 Å². The zero-order valence-corrected chi connectivity index (χ0v) is 19.2. The highest BCUT2D eigenvalue weighted by molar-refractivity contribution is 7.13. The molecule has 2 aliphatic rings. The maximum Gasteiger partial charge on any atom is 0.312 e. The molecule has 0 aliphatic carbocycles. The lowest BCUT2D eigenvalue weighted by atomic mass is 9.76. The number of hydrogen-bond donors (Lipinski definition) is 1. The van der Waals surface area contributed by atoms with Crippen LogP contribution in [0.1, 0.15) is 25.0 Å². The molecule has 1 aromatic heterocycles. The minimum Gasteiger partial charge on any atom is -0.483 e. The van der Waals surface area contributed by atoms with Crippen LogP contribution in [0.25, 0.3) is 10.6 Å². The third-order valence-electron chi connectivity index (χ3n) is 5.87. The molecule has 3 heterocycles. The average molecular weight is 460 g/mol. The largest absolute Gasteiger partial charge is 0.483 e. The molecule has 2 saturated heterocycles. The molecule has 1 amide bonds. The number of rotatable bonds is 5. The predicted octanol–water partition coefficient (Wildman–Crippen LogP) is 2.54. The number of carbonyl (C=O) groups is 3. The van der Waals surface area contributed by atoms with Gasteiger partial charge in [-0.1, -0.05) is 30.3 Å². The van der Waals surface area contributed by atoms with Crippen LogP contribution in [-0.2, 0) is 25.5 Å². The van der Waals surface area contributed by atoms with Crippen LogP contribution in [0, 0.1) is 5.41 Å². The molecule has 8 nitrogen and oxygen atoms in total. The average Bonchev–Trinajstić information content (AvgIpc) is 3.34. The molecular weight excluding hydrogens is 430 g/mol. The Kier molecular flexibility index (Phi) is 7.98. The number of cyclic esters (lactones) is 1. The van der Waals surface area contributed by atoms with Gasteiger partial charge in [-0.15, -0.1) is 11.3 Å². The van der Waals surface area contributed by atoms with Crippen LogP contribution in [-0.4, -0.2) is 78.1 Å². The molecule has 9 heteroatoms. The number of nitrogens with zero attached hydrogens (tertiary/aromatic N) is 3. The van der Waals surface area contributed by atoms with Gasteiger partial charge in [0.25, 0.3) is 6.47 Å². The van der Waals surface area contributed by atoms with E-state index in [9.17, 15) is 9.59 Å². The Hall–Kier alpha value is -2.78. The number of ether oxygens (including phenoxy) is 1. The van der Waals surface area contributed by atoms with Crippen molar-refractivity contribution < 1.29 is 24.2 Å². The Morgan fingerprint density at radius 2 is 1.97 bits per heavy atom. The van der Waals surface area contributed by atoms with Gasteiger partial charge in [-0.05, 0) is 26.9 Å². The van der Waals surface area contributed by atoms with Gasteiger partial charge in [-0.2, -0.15) is 0 Å². The number of carboxylic acid groups (broad SMARTS) is 1. The summed E-state index contributed by atoms with van der Waals surface area (Å²) in [5.41, 5.74) is 1.48. The zero-order chi connectivity index (χ0) is 23.1. The third-order valence-corrected chi connectivity index (χ3v) is 6.81. The molecule has 0 radical (unpaired) electrons. The normalized spacial score (nSPS) is 19.4. The summed E-state index contributed by atoms with van der Waals surface area (Å²) in [6.45, 7) is 1.72. The van der Waals surface area contributed by atoms with Crippen LogP contribution in [0.15, 0.2) is 35.7 Å². The van der Waals surface area contributed by atoms with Crippen molar-refractivity contribution in [1.29, 1.82) is 0 Å². The van der Waals surface area contributed by atoms with E-state index in [-0.39, 0.29) is 24.5 Å². The molecule has 1 N–H and O–H groups in total. The predicted molar refractivity (Wildman–Crippen MR) is 121 cm³/mol. The highest BCUT2D eigenvalue weighted by Gasteiger charge is 2.50.